The molecule has 1 saturated heterocycles. The molecule has 26 heavy (non-hydrogen) atoms. The first-order chi connectivity index (χ1) is 12.5. The molecule has 0 spiro atoms. The highest BCUT2D eigenvalue weighted by Crippen LogP contribution is 2.40. The van der Waals surface area contributed by atoms with E-state index < -0.39 is 35.8 Å². The lowest BCUT2D eigenvalue weighted by Crippen LogP contribution is -2.71. The summed E-state index contributed by atoms with van der Waals surface area (Å²) in [5.41, 5.74) is 0.133. The normalized spacial score (nSPS) is 22.6. The maximum Gasteiger partial charge on any atom is 0.352 e. The van der Waals surface area contributed by atoms with Crippen LogP contribution in [0.4, 0.5) is 0 Å². The topological polar surface area (TPSA) is 140 Å². The van der Waals surface area contributed by atoms with Crippen LogP contribution >= 0.6 is 11.8 Å². The molecule has 1 aromatic rings. The number of nitrogens with one attached hydrogen (secondary N) is 1. The fraction of sp³-hybridized carbons (Fsp3) is 0.250. The Kier molecular flexibility index (Phi) is 4.96. The summed E-state index contributed by atoms with van der Waals surface area (Å²) in [7, 11) is 0. The Morgan fingerprint density at radius 3 is 2.58 bits per heavy atom. The van der Waals surface area contributed by atoms with Crippen molar-refractivity contribution in [2.75, 3.05) is 12.4 Å². The molecule has 0 aliphatic carbocycles. The van der Waals surface area contributed by atoms with Crippen LogP contribution in [0.2, 0.25) is 0 Å². The highest BCUT2D eigenvalue weighted by Gasteiger charge is 2.54. The molecule has 0 unspecified atom stereocenters. The molecule has 1 aromatic carbocycles. The van der Waals surface area contributed by atoms with Crippen LogP contribution < -0.4 is 5.32 Å². The van der Waals surface area contributed by atoms with Crippen molar-refractivity contribution >= 4 is 35.3 Å². The van der Waals surface area contributed by atoms with Crippen molar-refractivity contribution in [1.82, 2.24) is 10.2 Å². The van der Waals surface area contributed by atoms with Crippen LogP contribution in [0.25, 0.3) is 0 Å². The number of nitrogens with zero attached hydrogens (tertiary/aromatic N) is 2. The molecule has 2 amide bonds. The molecule has 10 heteroatoms. The number of fused-ring (bicyclic) bond motifs is 1. The standard InChI is InChI=1S/C16H15N3O6S/c20-6-9-7-26-15-11(14(22)19(15)12(9)16(23)24)17-13(21)10(18-25)8-4-2-1-3-5-8/h1-5,11,15,20,25H,6-7H2,(H,17,21)(H,23,24)/t11-,15+/m1/s1. The van der Waals surface area contributed by atoms with E-state index in [1.807, 2.05) is 0 Å². The molecule has 0 bridgehead atoms. The molecule has 136 valence electrons. The van der Waals surface area contributed by atoms with Gasteiger partial charge >= 0.3 is 5.97 Å². The number of thioether (sulfide) groups is 1. The minimum atomic E-state index is -1.31. The van der Waals surface area contributed by atoms with Crippen LogP contribution in [0, 0.1) is 0 Å². The van der Waals surface area contributed by atoms with Gasteiger partial charge in [-0.15, -0.1) is 11.8 Å². The van der Waals surface area contributed by atoms with Crippen LogP contribution in [0.1, 0.15) is 5.56 Å². The van der Waals surface area contributed by atoms with Gasteiger partial charge in [-0.25, -0.2) is 4.79 Å². The van der Waals surface area contributed by atoms with E-state index in [1.165, 1.54) is 11.8 Å². The van der Waals surface area contributed by atoms with Crippen molar-refractivity contribution < 1.29 is 29.8 Å². The summed E-state index contributed by atoms with van der Waals surface area (Å²) in [6.45, 7) is -0.461. The summed E-state index contributed by atoms with van der Waals surface area (Å²) in [6, 6.07) is 7.29. The summed E-state index contributed by atoms with van der Waals surface area (Å²) in [5.74, 6) is -2.41. The lowest BCUT2D eigenvalue weighted by molar-refractivity contribution is -0.150. The zero-order chi connectivity index (χ0) is 18.8. The van der Waals surface area contributed by atoms with Gasteiger partial charge < -0.3 is 20.7 Å². The van der Waals surface area contributed by atoms with Gasteiger partial charge in [-0.1, -0.05) is 35.5 Å². The van der Waals surface area contributed by atoms with Crippen LogP contribution in [0.15, 0.2) is 46.8 Å². The van der Waals surface area contributed by atoms with Gasteiger partial charge in [0.2, 0.25) is 0 Å². The van der Waals surface area contributed by atoms with Crippen LogP contribution in [0.5, 0.6) is 0 Å². The molecule has 0 aromatic heterocycles. The van der Waals surface area contributed by atoms with E-state index in [0.717, 1.165) is 4.90 Å². The van der Waals surface area contributed by atoms with Crippen molar-refractivity contribution in [3.05, 3.63) is 47.2 Å². The number of oxime groups is 1. The smallest absolute Gasteiger partial charge is 0.352 e. The zero-order valence-corrected chi connectivity index (χ0v) is 14.1. The second-order valence-corrected chi connectivity index (χ2v) is 6.70. The monoisotopic (exact) mass is 377 g/mol. The quantitative estimate of drug-likeness (QED) is 0.237. The highest BCUT2D eigenvalue weighted by molar-refractivity contribution is 8.00. The van der Waals surface area contributed by atoms with Crippen molar-refractivity contribution in [3.8, 4) is 0 Å². The number of hydrogen-bond donors (Lipinski definition) is 4. The van der Waals surface area contributed by atoms with E-state index in [9.17, 15) is 24.6 Å². The Morgan fingerprint density at radius 2 is 2.00 bits per heavy atom. The van der Waals surface area contributed by atoms with E-state index >= 15 is 0 Å². The summed E-state index contributed by atoms with van der Waals surface area (Å²) < 4.78 is 0. The first-order valence-corrected chi connectivity index (χ1v) is 8.63. The minimum Gasteiger partial charge on any atom is -0.477 e. The molecule has 4 N–H and O–H groups in total. The van der Waals surface area contributed by atoms with E-state index in [0.29, 0.717) is 5.56 Å². The number of β-lactam (4-membered cyclic amide) rings is 1. The number of rotatable bonds is 5. The van der Waals surface area contributed by atoms with Gasteiger partial charge in [0.25, 0.3) is 11.8 Å². The van der Waals surface area contributed by atoms with Gasteiger partial charge in [0.1, 0.15) is 17.1 Å². The van der Waals surface area contributed by atoms with E-state index in [2.05, 4.69) is 10.5 Å². The number of aliphatic hydroxyl groups excluding tert-OH is 1. The van der Waals surface area contributed by atoms with Crippen molar-refractivity contribution in [1.29, 1.82) is 0 Å². The number of aliphatic hydroxyl groups is 1. The molecule has 0 saturated carbocycles. The molecule has 2 aliphatic heterocycles. The van der Waals surface area contributed by atoms with Crippen LogP contribution in [-0.4, -0.2) is 67.6 Å². The molecule has 1 fully saturated rings. The average Bonchev–Trinajstić information content (AvgIpc) is 2.66. The minimum absolute atomic E-state index is 0.235. The Balaban J connectivity index is 1.77. The first-order valence-electron chi connectivity index (χ1n) is 7.58. The molecule has 9 nitrogen and oxygen atoms in total. The fourth-order valence-corrected chi connectivity index (χ4v) is 4.18. The Labute approximate surface area is 152 Å². The number of amides is 2. The van der Waals surface area contributed by atoms with E-state index in [-0.39, 0.29) is 22.7 Å². The summed E-state index contributed by atoms with van der Waals surface area (Å²) in [6.07, 6.45) is 0. The number of benzene rings is 1. The number of carbonyl (C=O) groups is 3. The third-order valence-electron chi connectivity index (χ3n) is 4.09. The number of hydrogen-bond acceptors (Lipinski definition) is 7. The van der Waals surface area contributed by atoms with Crippen molar-refractivity contribution in [2.45, 2.75) is 11.4 Å². The van der Waals surface area contributed by atoms with Gasteiger partial charge in [-0.2, -0.15) is 0 Å². The SMILES string of the molecule is O=C(O)C1=C(CO)CS[C@H]2[C@H](NC(=O)C(=NO)c3ccccc3)C(=O)N12. The predicted octanol–water partition coefficient (Wildman–Crippen LogP) is -0.404. The Bertz CT molecular complexity index is 823. The fourth-order valence-electron chi connectivity index (χ4n) is 2.84. The lowest BCUT2D eigenvalue weighted by atomic mass is 10.0. The van der Waals surface area contributed by atoms with E-state index in [1.54, 1.807) is 30.3 Å². The molecular formula is C16H15N3O6S. The second kappa shape index (κ2) is 7.18. The van der Waals surface area contributed by atoms with Crippen LogP contribution in [-0.2, 0) is 14.4 Å². The summed E-state index contributed by atoms with van der Waals surface area (Å²) in [4.78, 5) is 37.2. The summed E-state index contributed by atoms with van der Waals surface area (Å²) >= 11 is 1.24. The molecule has 2 aliphatic rings. The molecule has 0 radical (unpaired) electrons. The van der Waals surface area contributed by atoms with Gasteiger partial charge in [-0.3, -0.25) is 14.5 Å². The number of aliphatic carboxylic acids is 1. The lowest BCUT2D eigenvalue weighted by Gasteiger charge is -2.49. The molecule has 2 atom stereocenters. The van der Waals surface area contributed by atoms with Crippen molar-refractivity contribution in [2.24, 2.45) is 5.16 Å². The largest absolute Gasteiger partial charge is 0.477 e. The molecule has 3 rings (SSSR count). The molecule has 2 heterocycles. The zero-order valence-electron chi connectivity index (χ0n) is 13.3. The van der Waals surface area contributed by atoms with Gasteiger partial charge in [0.15, 0.2) is 5.71 Å². The first kappa shape index (κ1) is 18.0. The van der Waals surface area contributed by atoms with Crippen LogP contribution in [0.3, 0.4) is 0 Å². The molecular weight excluding hydrogens is 362 g/mol. The maximum atomic E-state index is 12.4. The Morgan fingerprint density at radius 1 is 1.31 bits per heavy atom. The maximum absolute atomic E-state index is 12.4. The van der Waals surface area contributed by atoms with Gasteiger partial charge in [-0.05, 0) is 5.57 Å². The van der Waals surface area contributed by atoms with Crippen molar-refractivity contribution in [3.63, 3.8) is 0 Å². The Hall–Kier alpha value is -2.85. The second-order valence-electron chi connectivity index (χ2n) is 5.59. The van der Waals surface area contributed by atoms with Gasteiger partial charge in [0, 0.05) is 11.3 Å². The van der Waals surface area contributed by atoms with Gasteiger partial charge in [0.05, 0.1) is 6.61 Å². The number of carboxylic acid groups (broad SMARTS) is 1. The average molecular weight is 377 g/mol. The number of carboxylic acids is 1. The number of carbonyl (C=O) groups excluding carboxylic acids is 2. The van der Waals surface area contributed by atoms with E-state index in [4.69, 9.17) is 5.21 Å². The third kappa shape index (κ3) is 2.93. The predicted molar refractivity (Wildman–Crippen MR) is 91.5 cm³/mol. The summed E-state index contributed by atoms with van der Waals surface area (Å²) in [5, 5.41) is 32.6. The third-order valence-corrected chi connectivity index (χ3v) is 5.43. The highest BCUT2D eigenvalue weighted by atomic mass is 32.2.